The molecule has 3 fully saturated rings. The van der Waals surface area contributed by atoms with Gasteiger partial charge in [0.05, 0.1) is 12.1 Å². The highest BCUT2D eigenvalue weighted by atomic mass is 16.5. The lowest BCUT2D eigenvalue weighted by Crippen LogP contribution is -2.67. The second-order valence-corrected chi connectivity index (χ2v) is 7.03. The fourth-order valence-electron chi connectivity index (χ4n) is 4.64. The van der Waals surface area contributed by atoms with Gasteiger partial charge in [0.1, 0.15) is 0 Å². The molecule has 1 amide bonds. The maximum absolute atomic E-state index is 12.2. The van der Waals surface area contributed by atoms with Gasteiger partial charge in [0.25, 0.3) is 0 Å². The van der Waals surface area contributed by atoms with Crippen LogP contribution in [0.3, 0.4) is 0 Å². The molecule has 3 unspecified atom stereocenters. The summed E-state index contributed by atoms with van der Waals surface area (Å²) in [5.41, 5.74) is 0.306. The van der Waals surface area contributed by atoms with E-state index in [2.05, 4.69) is 17.6 Å². The molecule has 2 saturated carbocycles. The van der Waals surface area contributed by atoms with Crippen LogP contribution in [0.5, 0.6) is 0 Å². The number of ether oxygens (including phenoxy) is 1. The molecule has 0 aromatic rings. The van der Waals surface area contributed by atoms with Crippen LogP contribution in [0.15, 0.2) is 0 Å². The third kappa shape index (κ3) is 2.98. The van der Waals surface area contributed by atoms with Crippen LogP contribution in [0.2, 0.25) is 0 Å². The van der Waals surface area contributed by atoms with E-state index in [4.69, 9.17) is 4.74 Å². The lowest BCUT2D eigenvalue weighted by Gasteiger charge is -2.58. The smallest absolute Gasteiger partial charge is 0.237 e. The van der Waals surface area contributed by atoms with Crippen LogP contribution < -0.4 is 10.6 Å². The molecular weight excluding hydrogens is 264 g/mol. The molecule has 1 spiro atoms. The molecule has 21 heavy (non-hydrogen) atoms. The van der Waals surface area contributed by atoms with E-state index in [1.54, 1.807) is 0 Å². The van der Waals surface area contributed by atoms with Crippen molar-refractivity contribution in [1.82, 2.24) is 10.6 Å². The van der Waals surface area contributed by atoms with Crippen molar-refractivity contribution in [3.05, 3.63) is 0 Å². The molecule has 0 radical (unpaired) electrons. The van der Waals surface area contributed by atoms with Gasteiger partial charge in [-0.2, -0.15) is 0 Å². The summed E-state index contributed by atoms with van der Waals surface area (Å²) in [6, 6.07) is 0.488. The van der Waals surface area contributed by atoms with Crippen molar-refractivity contribution in [3.63, 3.8) is 0 Å². The van der Waals surface area contributed by atoms with Gasteiger partial charge in [0.2, 0.25) is 5.91 Å². The Bertz CT molecular complexity index is 366. The number of hydrogen-bond donors (Lipinski definition) is 2. The summed E-state index contributed by atoms with van der Waals surface area (Å²) in [5.74, 6) is 0.207. The van der Waals surface area contributed by atoms with Crippen LogP contribution in [0.4, 0.5) is 0 Å². The van der Waals surface area contributed by atoms with Gasteiger partial charge >= 0.3 is 0 Å². The fourth-order valence-corrected chi connectivity index (χ4v) is 4.64. The highest BCUT2D eigenvalue weighted by Gasteiger charge is 2.56. The van der Waals surface area contributed by atoms with E-state index in [1.165, 1.54) is 32.1 Å². The van der Waals surface area contributed by atoms with Gasteiger partial charge < -0.3 is 15.4 Å². The van der Waals surface area contributed by atoms with Gasteiger partial charge in [-0.1, -0.05) is 19.3 Å². The summed E-state index contributed by atoms with van der Waals surface area (Å²) in [6.07, 6.45) is 11.3. The van der Waals surface area contributed by atoms with Crippen LogP contribution in [-0.2, 0) is 9.53 Å². The quantitative estimate of drug-likeness (QED) is 0.837. The standard InChI is InChI=1S/C17H30N2O2/c1-2-21-15-12-14(17(15)9-5-3-6-10-17)19-13-8-4-7-11-18-16(13)20/h13-15,19H,2-12H2,1H3,(H,18,20). The third-order valence-electron chi connectivity index (χ3n) is 5.87. The summed E-state index contributed by atoms with van der Waals surface area (Å²) < 4.78 is 6.00. The molecule has 3 rings (SSSR count). The van der Waals surface area contributed by atoms with Gasteiger partial charge in [-0.3, -0.25) is 4.79 Å². The van der Waals surface area contributed by atoms with Gasteiger partial charge in [-0.15, -0.1) is 0 Å². The number of carbonyl (C=O) groups excluding carboxylic acids is 1. The van der Waals surface area contributed by atoms with E-state index >= 15 is 0 Å². The lowest BCUT2D eigenvalue weighted by molar-refractivity contribution is -0.154. The first kappa shape index (κ1) is 15.3. The molecular formula is C17H30N2O2. The van der Waals surface area contributed by atoms with Crippen molar-refractivity contribution in [1.29, 1.82) is 0 Å². The molecule has 0 aromatic heterocycles. The first-order valence-electron chi connectivity index (χ1n) is 8.91. The molecule has 1 saturated heterocycles. The first-order valence-corrected chi connectivity index (χ1v) is 8.91. The summed E-state index contributed by atoms with van der Waals surface area (Å²) in [7, 11) is 0. The Balaban J connectivity index is 1.65. The van der Waals surface area contributed by atoms with Crippen molar-refractivity contribution < 1.29 is 9.53 Å². The minimum absolute atomic E-state index is 0.0129. The molecule has 2 N–H and O–H groups in total. The van der Waals surface area contributed by atoms with Crippen LogP contribution in [0, 0.1) is 5.41 Å². The van der Waals surface area contributed by atoms with E-state index in [1.807, 2.05) is 0 Å². The second kappa shape index (κ2) is 6.66. The Labute approximate surface area is 128 Å². The number of carbonyl (C=O) groups is 1. The van der Waals surface area contributed by atoms with Gasteiger partial charge in [0.15, 0.2) is 0 Å². The molecule has 0 bridgehead atoms. The van der Waals surface area contributed by atoms with Crippen molar-refractivity contribution in [2.75, 3.05) is 13.2 Å². The lowest BCUT2D eigenvalue weighted by atomic mass is 9.55. The van der Waals surface area contributed by atoms with Gasteiger partial charge in [0, 0.05) is 24.6 Å². The third-order valence-corrected chi connectivity index (χ3v) is 5.87. The van der Waals surface area contributed by atoms with E-state index in [0.29, 0.717) is 17.6 Å². The van der Waals surface area contributed by atoms with Crippen molar-refractivity contribution in [3.8, 4) is 0 Å². The number of amides is 1. The molecule has 120 valence electrons. The molecule has 3 atom stereocenters. The minimum Gasteiger partial charge on any atom is -0.378 e. The zero-order valence-corrected chi connectivity index (χ0v) is 13.3. The molecule has 1 aliphatic heterocycles. The predicted octanol–water partition coefficient (Wildman–Crippen LogP) is 2.37. The molecule has 1 heterocycles. The molecule has 0 aromatic carbocycles. The maximum atomic E-state index is 12.2. The summed E-state index contributed by atoms with van der Waals surface area (Å²) >= 11 is 0. The van der Waals surface area contributed by atoms with Gasteiger partial charge in [-0.25, -0.2) is 0 Å². The zero-order valence-electron chi connectivity index (χ0n) is 13.3. The van der Waals surface area contributed by atoms with E-state index in [9.17, 15) is 4.79 Å². The van der Waals surface area contributed by atoms with E-state index in [-0.39, 0.29) is 11.9 Å². The Hall–Kier alpha value is -0.610. The molecule has 2 aliphatic carbocycles. The van der Waals surface area contributed by atoms with Gasteiger partial charge in [-0.05, 0) is 45.4 Å². The summed E-state index contributed by atoms with van der Waals surface area (Å²) in [6.45, 7) is 3.74. The monoisotopic (exact) mass is 294 g/mol. The van der Waals surface area contributed by atoms with Crippen LogP contribution >= 0.6 is 0 Å². The largest absolute Gasteiger partial charge is 0.378 e. The van der Waals surface area contributed by atoms with Crippen LogP contribution in [0.25, 0.3) is 0 Å². The van der Waals surface area contributed by atoms with Crippen molar-refractivity contribution >= 4 is 5.91 Å². The average Bonchev–Trinajstić information content (AvgIpc) is 2.72. The zero-order chi connectivity index (χ0) is 14.7. The Morgan fingerprint density at radius 3 is 2.81 bits per heavy atom. The summed E-state index contributed by atoms with van der Waals surface area (Å²) in [4.78, 5) is 12.2. The van der Waals surface area contributed by atoms with Crippen molar-refractivity contribution in [2.45, 2.75) is 82.9 Å². The molecule has 4 heteroatoms. The summed E-state index contributed by atoms with van der Waals surface area (Å²) in [5, 5.41) is 6.75. The van der Waals surface area contributed by atoms with E-state index in [0.717, 1.165) is 38.8 Å². The first-order chi connectivity index (χ1) is 10.3. The molecule has 3 aliphatic rings. The minimum atomic E-state index is 0.0129. The van der Waals surface area contributed by atoms with Crippen molar-refractivity contribution in [2.24, 2.45) is 5.41 Å². The Morgan fingerprint density at radius 1 is 1.24 bits per heavy atom. The van der Waals surface area contributed by atoms with E-state index < -0.39 is 0 Å². The number of hydrogen-bond acceptors (Lipinski definition) is 3. The highest BCUT2D eigenvalue weighted by molar-refractivity contribution is 5.82. The maximum Gasteiger partial charge on any atom is 0.237 e. The fraction of sp³-hybridized carbons (Fsp3) is 0.941. The number of nitrogens with one attached hydrogen (secondary N) is 2. The predicted molar refractivity (Wildman–Crippen MR) is 83.1 cm³/mol. The Morgan fingerprint density at radius 2 is 2.05 bits per heavy atom. The average molecular weight is 294 g/mol. The SMILES string of the molecule is CCOC1CC(NC2CCCCNC2=O)C12CCCCC2. The molecule has 4 nitrogen and oxygen atoms in total. The Kier molecular flexibility index (Phi) is 4.85. The second-order valence-electron chi connectivity index (χ2n) is 7.03. The van der Waals surface area contributed by atoms with Crippen LogP contribution in [0.1, 0.15) is 64.7 Å². The highest BCUT2D eigenvalue weighted by Crippen LogP contribution is 2.53. The normalized spacial score (nSPS) is 35.9. The topological polar surface area (TPSA) is 50.4 Å². The van der Waals surface area contributed by atoms with Crippen LogP contribution in [-0.4, -0.2) is 37.2 Å². The number of rotatable bonds is 4.